The number of nitrogens with zero attached hydrogens (tertiary/aromatic N) is 4. The Kier molecular flexibility index (Phi) is 4.94. The van der Waals surface area contributed by atoms with Crippen LogP contribution in [-0.4, -0.2) is 34.1 Å². The lowest BCUT2D eigenvalue weighted by Gasteiger charge is -2.31. The Morgan fingerprint density at radius 3 is 2.47 bits per heavy atom. The third-order valence-corrected chi connectivity index (χ3v) is 5.89. The van der Waals surface area contributed by atoms with Gasteiger partial charge in [-0.3, -0.25) is 4.79 Å². The summed E-state index contributed by atoms with van der Waals surface area (Å²) in [6, 6.07) is 11.5. The quantitative estimate of drug-likeness (QED) is 0.684. The number of carbonyl (C=O) groups is 1. The van der Waals surface area contributed by atoms with E-state index in [1.165, 1.54) is 12.8 Å². The molecule has 1 aromatic carbocycles. The SMILES string of the molecule is Cc1ccc(NC(=O)c2ccc(N3CCC(c4noc(C5CC5)n4)CC3)nc2)cc1. The first kappa shape index (κ1) is 18.8. The topological polar surface area (TPSA) is 84.2 Å². The molecule has 2 aliphatic rings. The molecule has 1 N–H and O–H groups in total. The molecule has 30 heavy (non-hydrogen) atoms. The van der Waals surface area contributed by atoms with Crippen molar-refractivity contribution in [3.05, 3.63) is 65.4 Å². The molecular weight excluding hydrogens is 378 g/mol. The Morgan fingerprint density at radius 2 is 1.80 bits per heavy atom. The summed E-state index contributed by atoms with van der Waals surface area (Å²) in [5, 5.41) is 7.11. The van der Waals surface area contributed by atoms with E-state index in [2.05, 4.69) is 25.3 Å². The molecule has 0 spiro atoms. The van der Waals surface area contributed by atoms with E-state index in [9.17, 15) is 4.79 Å². The van der Waals surface area contributed by atoms with Crippen molar-refractivity contribution < 1.29 is 9.32 Å². The third kappa shape index (κ3) is 4.06. The van der Waals surface area contributed by atoms with Gasteiger partial charge in [0.05, 0.1) is 5.56 Å². The Morgan fingerprint density at radius 1 is 1.03 bits per heavy atom. The maximum atomic E-state index is 12.5. The van der Waals surface area contributed by atoms with Gasteiger partial charge in [-0.25, -0.2) is 4.98 Å². The monoisotopic (exact) mass is 403 g/mol. The molecule has 0 radical (unpaired) electrons. The van der Waals surface area contributed by atoms with E-state index in [1.54, 1.807) is 6.20 Å². The maximum Gasteiger partial charge on any atom is 0.257 e. The van der Waals surface area contributed by atoms with Crippen molar-refractivity contribution in [2.75, 3.05) is 23.3 Å². The Hall–Kier alpha value is -3.22. The van der Waals surface area contributed by atoms with E-state index >= 15 is 0 Å². The summed E-state index contributed by atoms with van der Waals surface area (Å²) in [6.07, 6.45) is 5.93. The van der Waals surface area contributed by atoms with Crippen LogP contribution in [0.2, 0.25) is 0 Å². The van der Waals surface area contributed by atoms with Gasteiger partial charge in [-0.05, 0) is 56.9 Å². The molecule has 1 aliphatic carbocycles. The molecule has 1 saturated carbocycles. The number of benzene rings is 1. The van der Waals surface area contributed by atoms with Crippen LogP contribution < -0.4 is 10.2 Å². The second-order valence-corrected chi connectivity index (χ2v) is 8.25. The molecule has 3 heterocycles. The van der Waals surface area contributed by atoms with Crippen molar-refractivity contribution in [2.45, 2.75) is 44.4 Å². The van der Waals surface area contributed by atoms with Crippen LogP contribution in [0.4, 0.5) is 11.5 Å². The molecule has 1 amide bonds. The highest BCUT2D eigenvalue weighted by Gasteiger charge is 2.32. The molecule has 1 aliphatic heterocycles. The predicted molar refractivity (Wildman–Crippen MR) is 114 cm³/mol. The molecule has 7 nitrogen and oxygen atoms in total. The van der Waals surface area contributed by atoms with Crippen molar-refractivity contribution in [2.24, 2.45) is 0 Å². The van der Waals surface area contributed by atoms with Gasteiger partial charge in [0.25, 0.3) is 5.91 Å². The van der Waals surface area contributed by atoms with Gasteiger partial charge in [-0.15, -0.1) is 0 Å². The molecule has 2 fully saturated rings. The molecule has 0 atom stereocenters. The molecule has 1 saturated heterocycles. The first-order valence-electron chi connectivity index (χ1n) is 10.6. The summed E-state index contributed by atoms with van der Waals surface area (Å²) in [5.74, 6) is 3.25. The summed E-state index contributed by atoms with van der Waals surface area (Å²) in [6.45, 7) is 3.80. The van der Waals surface area contributed by atoms with Crippen LogP contribution in [-0.2, 0) is 0 Å². The summed E-state index contributed by atoms with van der Waals surface area (Å²) in [4.78, 5) is 23.8. The van der Waals surface area contributed by atoms with Crippen LogP contribution in [0.15, 0.2) is 47.1 Å². The zero-order valence-corrected chi connectivity index (χ0v) is 17.0. The zero-order valence-electron chi connectivity index (χ0n) is 17.0. The van der Waals surface area contributed by atoms with E-state index < -0.39 is 0 Å². The van der Waals surface area contributed by atoms with Crippen molar-refractivity contribution >= 4 is 17.4 Å². The molecule has 0 unspecified atom stereocenters. The van der Waals surface area contributed by atoms with Crippen LogP contribution in [0.1, 0.15) is 65.2 Å². The van der Waals surface area contributed by atoms with E-state index in [-0.39, 0.29) is 5.91 Å². The minimum absolute atomic E-state index is 0.153. The lowest BCUT2D eigenvalue weighted by atomic mass is 9.96. The molecule has 7 heteroatoms. The van der Waals surface area contributed by atoms with Crippen molar-refractivity contribution in [3.8, 4) is 0 Å². The van der Waals surface area contributed by atoms with Crippen molar-refractivity contribution in [1.82, 2.24) is 15.1 Å². The fraction of sp³-hybridized carbons (Fsp3) is 0.391. The van der Waals surface area contributed by atoms with Gasteiger partial charge in [0.2, 0.25) is 5.89 Å². The number of aryl methyl sites for hydroxylation is 1. The zero-order chi connectivity index (χ0) is 20.5. The van der Waals surface area contributed by atoms with Crippen LogP contribution in [0.25, 0.3) is 0 Å². The van der Waals surface area contributed by atoms with E-state index in [4.69, 9.17) is 4.52 Å². The molecule has 3 aromatic rings. The summed E-state index contributed by atoms with van der Waals surface area (Å²) < 4.78 is 5.41. The Bertz CT molecular complexity index is 1020. The Labute approximate surface area is 175 Å². The fourth-order valence-electron chi connectivity index (χ4n) is 3.82. The molecule has 154 valence electrons. The number of pyridine rings is 1. The van der Waals surface area contributed by atoms with Gasteiger partial charge in [0, 0.05) is 36.8 Å². The number of piperidine rings is 1. The van der Waals surface area contributed by atoms with Crippen LogP contribution >= 0.6 is 0 Å². The smallest absolute Gasteiger partial charge is 0.257 e. The first-order valence-corrected chi connectivity index (χ1v) is 10.6. The predicted octanol–water partition coefficient (Wildman–Crippen LogP) is 4.29. The number of amides is 1. The van der Waals surface area contributed by atoms with Crippen molar-refractivity contribution in [1.29, 1.82) is 0 Å². The summed E-state index contributed by atoms with van der Waals surface area (Å²) in [7, 11) is 0. The number of aromatic nitrogens is 3. The molecule has 0 bridgehead atoms. The van der Waals surface area contributed by atoms with Gasteiger partial charge in [-0.1, -0.05) is 22.9 Å². The summed E-state index contributed by atoms with van der Waals surface area (Å²) in [5.41, 5.74) is 2.49. The number of anilines is 2. The second-order valence-electron chi connectivity index (χ2n) is 8.25. The van der Waals surface area contributed by atoms with Crippen molar-refractivity contribution in [3.63, 3.8) is 0 Å². The normalized spacial score (nSPS) is 17.2. The van der Waals surface area contributed by atoms with Gasteiger partial charge in [0.1, 0.15) is 5.82 Å². The second kappa shape index (κ2) is 7.89. The molecular formula is C23H25N5O2. The highest BCUT2D eigenvalue weighted by atomic mass is 16.5. The third-order valence-electron chi connectivity index (χ3n) is 5.89. The van der Waals surface area contributed by atoms with Crippen LogP contribution in [0.3, 0.4) is 0 Å². The number of nitrogens with one attached hydrogen (secondary N) is 1. The summed E-state index contributed by atoms with van der Waals surface area (Å²) >= 11 is 0. The first-order chi connectivity index (χ1) is 14.7. The minimum atomic E-state index is -0.153. The highest BCUT2D eigenvalue weighted by Crippen LogP contribution is 2.40. The number of rotatable bonds is 5. The fourth-order valence-corrected chi connectivity index (χ4v) is 3.82. The lowest BCUT2D eigenvalue weighted by molar-refractivity contribution is 0.102. The average Bonchev–Trinajstić information content (AvgIpc) is 3.52. The highest BCUT2D eigenvalue weighted by molar-refractivity contribution is 6.04. The van der Waals surface area contributed by atoms with Gasteiger partial charge in [-0.2, -0.15) is 4.98 Å². The maximum absolute atomic E-state index is 12.5. The van der Waals surface area contributed by atoms with Crippen LogP contribution in [0, 0.1) is 6.92 Å². The van der Waals surface area contributed by atoms with Crippen LogP contribution in [0.5, 0.6) is 0 Å². The van der Waals surface area contributed by atoms with E-state index in [1.807, 2.05) is 43.3 Å². The van der Waals surface area contributed by atoms with Gasteiger partial charge in [0.15, 0.2) is 5.82 Å². The lowest BCUT2D eigenvalue weighted by Crippen LogP contribution is -2.33. The van der Waals surface area contributed by atoms with E-state index in [0.29, 0.717) is 17.4 Å². The van der Waals surface area contributed by atoms with Gasteiger partial charge >= 0.3 is 0 Å². The number of hydrogen-bond donors (Lipinski definition) is 1. The largest absolute Gasteiger partial charge is 0.357 e. The molecule has 2 aromatic heterocycles. The molecule has 5 rings (SSSR count). The van der Waals surface area contributed by atoms with E-state index in [0.717, 1.165) is 54.7 Å². The Balaban J connectivity index is 1.17. The standard InChI is InChI=1S/C23H25N5O2/c1-15-2-7-19(8-3-15)25-22(29)18-6-9-20(24-14-18)28-12-10-16(11-13-28)21-26-23(30-27-21)17-4-5-17/h2-3,6-9,14,16-17H,4-5,10-13H2,1H3,(H,25,29). The van der Waals surface area contributed by atoms with Gasteiger partial charge < -0.3 is 14.7 Å². The minimum Gasteiger partial charge on any atom is -0.357 e. The average molecular weight is 403 g/mol. The number of carbonyl (C=O) groups excluding carboxylic acids is 1. The number of hydrogen-bond acceptors (Lipinski definition) is 6.